The van der Waals surface area contributed by atoms with Crippen LogP contribution in [0.3, 0.4) is 0 Å². The van der Waals surface area contributed by atoms with Gasteiger partial charge in [-0.05, 0) is 90.5 Å². The number of benzene rings is 5. The number of H-pyrrole nitrogens is 2. The van der Waals surface area contributed by atoms with Crippen molar-refractivity contribution < 1.29 is 19.4 Å². The maximum atomic E-state index is 14.8. The maximum Gasteiger partial charge on any atom is 0.335 e. The molecule has 50 heavy (non-hydrogen) atoms. The molecule has 0 bridgehead atoms. The lowest BCUT2D eigenvalue weighted by molar-refractivity contribution is 0.0697. The van der Waals surface area contributed by atoms with Crippen LogP contribution in [0.4, 0.5) is 0 Å². The van der Waals surface area contributed by atoms with E-state index >= 15 is 0 Å². The maximum absolute atomic E-state index is 14.8. The number of nitrogens with zero attached hydrogens (tertiary/aromatic N) is 2. The number of methoxy groups -OCH3 is 2. The summed E-state index contributed by atoms with van der Waals surface area (Å²) in [7, 11) is 3.16. The van der Waals surface area contributed by atoms with Crippen molar-refractivity contribution in [2.75, 3.05) is 14.2 Å². The van der Waals surface area contributed by atoms with Crippen LogP contribution < -0.4 is 20.6 Å². The quantitative estimate of drug-likeness (QED) is 0.146. The lowest BCUT2D eigenvalue weighted by Crippen LogP contribution is -2.25. The van der Waals surface area contributed by atoms with Crippen LogP contribution in [0.25, 0.3) is 33.9 Å². The molecule has 248 valence electrons. The van der Waals surface area contributed by atoms with Crippen LogP contribution in [0, 0.1) is 0 Å². The minimum Gasteiger partial charge on any atom is -0.497 e. The Kier molecular flexibility index (Phi) is 8.49. The van der Waals surface area contributed by atoms with E-state index in [2.05, 4.69) is 10.2 Å². The molecule has 0 saturated carbocycles. The van der Waals surface area contributed by atoms with Gasteiger partial charge in [0.25, 0.3) is 11.1 Å². The number of aromatic carboxylic acids is 1. The Labute approximate surface area is 286 Å². The minimum absolute atomic E-state index is 0.0739. The Morgan fingerprint density at radius 3 is 1.34 bits per heavy atom. The van der Waals surface area contributed by atoms with Gasteiger partial charge in [0.15, 0.2) is 0 Å². The number of aromatic nitrogens is 4. The highest BCUT2D eigenvalue weighted by Gasteiger charge is 2.34. The summed E-state index contributed by atoms with van der Waals surface area (Å²) in [6, 6.07) is 39.2. The van der Waals surface area contributed by atoms with Crippen molar-refractivity contribution in [3.05, 3.63) is 176 Å². The predicted molar refractivity (Wildman–Crippen MR) is 191 cm³/mol. The fraction of sp³-hybridized carbons (Fsp3) is 0.0750. The summed E-state index contributed by atoms with van der Waals surface area (Å²) in [5.74, 6) is -0.778. The van der Waals surface area contributed by atoms with E-state index in [-0.39, 0.29) is 16.7 Å². The Balaban J connectivity index is 1.58. The van der Waals surface area contributed by atoms with Gasteiger partial charge in [0.05, 0.1) is 53.7 Å². The first-order chi connectivity index (χ1) is 24.4. The van der Waals surface area contributed by atoms with Gasteiger partial charge in [-0.15, -0.1) is 0 Å². The van der Waals surface area contributed by atoms with Crippen LogP contribution in [0.5, 0.6) is 11.5 Å². The highest BCUT2D eigenvalue weighted by molar-refractivity contribution is 5.87. The van der Waals surface area contributed by atoms with Crippen molar-refractivity contribution in [3.63, 3.8) is 0 Å². The average molecular weight is 665 g/mol. The van der Waals surface area contributed by atoms with Crippen LogP contribution in [0.15, 0.2) is 143 Å². The number of carboxylic acids is 1. The first kappa shape index (κ1) is 31.8. The van der Waals surface area contributed by atoms with Gasteiger partial charge < -0.3 is 14.6 Å². The molecule has 0 fully saturated rings. The molecule has 10 heteroatoms. The monoisotopic (exact) mass is 664 g/mol. The molecule has 0 atom stereocenters. The Morgan fingerprint density at radius 2 is 0.980 bits per heavy atom. The van der Waals surface area contributed by atoms with Crippen molar-refractivity contribution in [2.24, 2.45) is 0 Å². The van der Waals surface area contributed by atoms with Crippen LogP contribution in [-0.4, -0.2) is 44.9 Å². The Hall–Kier alpha value is -6.81. The summed E-state index contributed by atoms with van der Waals surface area (Å²) in [6.45, 7) is 0. The molecule has 0 saturated heterocycles. The highest BCUT2D eigenvalue weighted by Crippen LogP contribution is 2.39. The van der Waals surface area contributed by atoms with E-state index in [0.717, 1.165) is 0 Å². The minimum atomic E-state index is -1.09. The zero-order chi connectivity index (χ0) is 34.8. The van der Waals surface area contributed by atoms with Crippen LogP contribution in [-0.2, 0) is 0 Å². The van der Waals surface area contributed by atoms with Gasteiger partial charge in [-0.3, -0.25) is 19.8 Å². The van der Waals surface area contributed by atoms with Crippen molar-refractivity contribution in [2.45, 2.75) is 5.92 Å². The number of hydrogen-bond acceptors (Lipinski definition) is 5. The topological polar surface area (TPSA) is 131 Å². The van der Waals surface area contributed by atoms with Crippen molar-refractivity contribution >= 4 is 5.97 Å². The summed E-state index contributed by atoms with van der Waals surface area (Å²) in [5.41, 5.74) is 4.02. The lowest BCUT2D eigenvalue weighted by atomic mass is 9.82. The van der Waals surface area contributed by atoms with Crippen LogP contribution in [0.2, 0.25) is 0 Å². The van der Waals surface area contributed by atoms with Crippen molar-refractivity contribution in [1.29, 1.82) is 0 Å². The number of nitrogens with one attached hydrogen (secondary N) is 2. The lowest BCUT2D eigenvalue weighted by Gasteiger charge is -2.18. The molecule has 0 aliphatic heterocycles. The molecule has 0 aliphatic carbocycles. The van der Waals surface area contributed by atoms with Gasteiger partial charge in [0, 0.05) is 17.0 Å². The van der Waals surface area contributed by atoms with E-state index in [9.17, 15) is 19.5 Å². The number of carbonyl (C=O) groups is 1. The van der Waals surface area contributed by atoms with Gasteiger partial charge in [-0.2, -0.15) is 0 Å². The first-order valence-corrected chi connectivity index (χ1v) is 15.8. The summed E-state index contributed by atoms with van der Waals surface area (Å²) < 4.78 is 13.7. The highest BCUT2D eigenvalue weighted by atomic mass is 16.5. The molecule has 0 unspecified atom stereocenters. The summed E-state index contributed by atoms with van der Waals surface area (Å²) in [5, 5.41) is 16.4. The molecular formula is C40H32N4O6. The molecule has 0 spiro atoms. The average Bonchev–Trinajstić information content (AvgIpc) is 3.69. The molecule has 2 heterocycles. The largest absolute Gasteiger partial charge is 0.497 e. The van der Waals surface area contributed by atoms with Gasteiger partial charge in [0.1, 0.15) is 11.5 Å². The first-order valence-electron chi connectivity index (χ1n) is 15.8. The fourth-order valence-corrected chi connectivity index (χ4v) is 6.21. The standard InChI is InChI=1S/C40H32N4O6/c1-49-31-21-17-26(18-22-31)36-34(38(45)43(41-36)29-9-5-3-6-10-29)33(25-13-15-28(16-14-25)40(47)48)35-37(27-19-23-32(50-2)24-20-27)42-44(39(35)46)30-11-7-4-8-12-30/h3-24,33,41-42H,1-2H3,(H,47,48). The number of carboxylic acid groups (broad SMARTS) is 1. The third-order valence-electron chi connectivity index (χ3n) is 8.71. The van der Waals surface area contributed by atoms with E-state index in [0.29, 0.717) is 62.1 Å². The Morgan fingerprint density at radius 1 is 0.580 bits per heavy atom. The SMILES string of the molecule is COc1ccc(-c2[nH]n(-c3ccccc3)c(=O)c2C(c2ccc(C(=O)O)cc2)c2c(-c3ccc(OC)cc3)[nH]n(-c3ccccc3)c2=O)cc1. The van der Waals surface area contributed by atoms with E-state index in [1.54, 1.807) is 50.6 Å². The number of rotatable bonds is 10. The number of para-hydroxylation sites is 2. The van der Waals surface area contributed by atoms with Crippen LogP contribution in [0.1, 0.15) is 33.0 Å². The zero-order valence-corrected chi connectivity index (χ0v) is 27.2. The normalized spacial score (nSPS) is 11.1. The molecule has 3 N–H and O–H groups in total. The molecule has 7 aromatic rings. The van der Waals surface area contributed by atoms with E-state index < -0.39 is 11.9 Å². The Bertz CT molecular complexity index is 2250. The molecule has 0 radical (unpaired) electrons. The second-order valence-corrected chi connectivity index (χ2v) is 11.6. The number of ether oxygens (including phenoxy) is 2. The molecule has 2 aromatic heterocycles. The molecule has 5 aromatic carbocycles. The third-order valence-corrected chi connectivity index (χ3v) is 8.71. The fourth-order valence-electron chi connectivity index (χ4n) is 6.21. The second-order valence-electron chi connectivity index (χ2n) is 11.6. The molecular weight excluding hydrogens is 632 g/mol. The number of hydrogen-bond donors (Lipinski definition) is 3. The van der Waals surface area contributed by atoms with Crippen molar-refractivity contribution in [1.82, 2.24) is 19.6 Å². The summed E-state index contributed by atoms with van der Waals surface area (Å²) in [6.07, 6.45) is 0. The summed E-state index contributed by atoms with van der Waals surface area (Å²) >= 11 is 0. The van der Waals surface area contributed by atoms with E-state index in [1.807, 2.05) is 84.9 Å². The van der Waals surface area contributed by atoms with E-state index in [4.69, 9.17) is 9.47 Å². The molecule has 0 amide bonds. The smallest absolute Gasteiger partial charge is 0.335 e. The molecule has 0 aliphatic rings. The molecule has 10 nitrogen and oxygen atoms in total. The van der Waals surface area contributed by atoms with E-state index in [1.165, 1.54) is 21.5 Å². The third kappa shape index (κ3) is 5.79. The predicted octanol–water partition coefficient (Wildman–Crippen LogP) is 6.87. The summed E-state index contributed by atoms with van der Waals surface area (Å²) in [4.78, 5) is 41.6. The van der Waals surface area contributed by atoms with Gasteiger partial charge >= 0.3 is 5.97 Å². The van der Waals surface area contributed by atoms with Crippen LogP contribution >= 0.6 is 0 Å². The number of aromatic amines is 2. The second kappa shape index (κ2) is 13.4. The zero-order valence-electron chi connectivity index (χ0n) is 27.2. The van der Waals surface area contributed by atoms with Gasteiger partial charge in [0.2, 0.25) is 0 Å². The van der Waals surface area contributed by atoms with Gasteiger partial charge in [-0.25, -0.2) is 14.2 Å². The van der Waals surface area contributed by atoms with Crippen molar-refractivity contribution in [3.8, 4) is 45.4 Å². The van der Waals surface area contributed by atoms with Gasteiger partial charge in [-0.1, -0.05) is 48.5 Å². The molecule has 7 rings (SSSR count).